The number of carbonyl (C=O) groups excluding carboxylic acids is 1. The molecule has 0 radical (unpaired) electrons. The molecule has 124 valence electrons. The fourth-order valence-electron chi connectivity index (χ4n) is 3.29. The molecule has 0 spiro atoms. The van der Waals surface area contributed by atoms with Gasteiger partial charge in [-0.25, -0.2) is 4.98 Å². The number of aromatic amines is 1. The molecule has 3 rings (SSSR count). The van der Waals surface area contributed by atoms with Crippen LogP contribution in [0.3, 0.4) is 0 Å². The Labute approximate surface area is 141 Å². The van der Waals surface area contributed by atoms with E-state index in [1.54, 1.807) is 0 Å². The number of thioether (sulfide) groups is 1. The van der Waals surface area contributed by atoms with Crippen molar-refractivity contribution < 1.29 is 4.79 Å². The first-order valence-electron chi connectivity index (χ1n) is 8.46. The molecule has 2 N–H and O–H groups in total. The third-order valence-electron chi connectivity index (χ3n) is 5.06. The van der Waals surface area contributed by atoms with Crippen molar-refractivity contribution in [3.05, 3.63) is 24.3 Å². The van der Waals surface area contributed by atoms with Crippen molar-refractivity contribution >= 4 is 28.7 Å². The second kappa shape index (κ2) is 6.95. The van der Waals surface area contributed by atoms with E-state index in [1.165, 1.54) is 24.6 Å². The van der Waals surface area contributed by atoms with Crippen molar-refractivity contribution in [2.75, 3.05) is 0 Å². The number of aromatic nitrogens is 2. The maximum atomic E-state index is 12.5. The highest BCUT2D eigenvalue weighted by Gasteiger charge is 2.29. The fraction of sp³-hybridized carbons (Fsp3) is 0.556. The summed E-state index contributed by atoms with van der Waals surface area (Å²) in [7, 11) is 0. The average Bonchev–Trinajstić information content (AvgIpc) is 2.93. The Kier molecular flexibility index (Phi) is 4.95. The predicted octanol–water partition coefficient (Wildman–Crippen LogP) is 3.98. The molecular weight excluding hydrogens is 306 g/mol. The second-order valence-electron chi connectivity index (χ2n) is 6.70. The van der Waals surface area contributed by atoms with Gasteiger partial charge in [-0.15, -0.1) is 0 Å². The summed E-state index contributed by atoms with van der Waals surface area (Å²) in [6.07, 6.45) is 3.58. The molecule has 0 unspecified atom stereocenters. The number of fused-ring (bicyclic) bond motifs is 1. The molecule has 0 saturated heterocycles. The lowest BCUT2D eigenvalue weighted by Gasteiger charge is -2.35. The van der Waals surface area contributed by atoms with E-state index in [9.17, 15) is 4.79 Å². The number of imidazole rings is 1. The minimum Gasteiger partial charge on any atom is -0.352 e. The predicted molar refractivity (Wildman–Crippen MR) is 95.5 cm³/mol. The van der Waals surface area contributed by atoms with Crippen molar-refractivity contribution in [2.24, 2.45) is 11.8 Å². The third kappa shape index (κ3) is 3.71. The summed E-state index contributed by atoms with van der Waals surface area (Å²) in [6, 6.07) is 8.24. The molecule has 1 amide bonds. The summed E-state index contributed by atoms with van der Waals surface area (Å²) >= 11 is 1.49. The first kappa shape index (κ1) is 16.4. The molecule has 4 nitrogen and oxygen atoms in total. The maximum Gasteiger partial charge on any atom is 0.233 e. The number of nitrogens with zero attached hydrogens (tertiary/aromatic N) is 1. The van der Waals surface area contributed by atoms with Crippen LogP contribution in [-0.4, -0.2) is 27.2 Å². The van der Waals surface area contributed by atoms with Crippen LogP contribution >= 0.6 is 11.8 Å². The summed E-state index contributed by atoms with van der Waals surface area (Å²) in [4.78, 5) is 20.3. The molecule has 4 atom stereocenters. The second-order valence-corrected chi connectivity index (χ2v) is 8.03. The third-order valence-corrected chi connectivity index (χ3v) is 6.04. The molecule has 1 aliphatic carbocycles. The lowest BCUT2D eigenvalue weighted by molar-refractivity contribution is -0.121. The van der Waals surface area contributed by atoms with Gasteiger partial charge in [0.15, 0.2) is 5.16 Å². The zero-order valence-electron chi connectivity index (χ0n) is 14.0. The van der Waals surface area contributed by atoms with Gasteiger partial charge in [-0.1, -0.05) is 50.6 Å². The van der Waals surface area contributed by atoms with E-state index in [1.807, 2.05) is 31.2 Å². The fourth-order valence-corrected chi connectivity index (χ4v) is 4.12. The summed E-state index contributed by atoms with van der Waals surface area (Å²) in [5.41, 5.74) is 1.95. The molecule has 0 bridgehead atoms. The van der Waals surface area contributed by atoms with Crippen LogP contribution in [0.15, 0.2) is 29.4 Å². The van der Waals surface area contributed by atoms with Crippen LogP contribution in [0.1, 0.15) is 40.0 Å². The van der Waals surface area contributed by atoms with Crippen LogP contribution in [0.2, 0.25) is 0 Å². The van der Waals surface area contributed by atoms with Crippen molar-refractivity contribution in [1.82, 2.24) is 15.3 Å². The van der Waals surface area contributed by atoms with E-state index in [0.29, 0.717) is 17.9 Å². The number of hydrogen-bond acceptors (Lipinski definition) is 3. The quantitative estimate of drug-likeness (QED) is 0.833. The molecule has 1 saturated carbocycles. The van der Waals surface area contributed by atoms with Crippen LogP contribution in [0, 0.1) is 11.8 Å². The molecule has 1 fully saturated rings. The van der Waals surface area contributed by atoms with Crippen LogP contribution in [0.4, 0.5) is 0 Å². The minimum atomic E-state index is -0.153. The van der Waals surface area contributed by atoms with E-state index in [0.717, 1.165) is 22.6 Å². The van der Waals surface area contributed by atoms with Gasteiger partial charge in [-0.05, 0) is 37.3 Å². The van der Waals surface area contributed by atoms with Crippen LogP contribution in [-0.2, 0) is 4.79 Å². The number of para-hydroxylation sites is 2. The molecule has 1 aliphatic rings. The highest BCUT2D eigenvalue weighted by molar-refractivity contribution is 8.00. The Hall–Kier alpha value is -1.49. The first-order valence-corrected chi connectivity index (χ1v) is 9.34. The van der Waals surface area contributed by atoms with Gasteiger partial charge in [0.2, 0.25) is 5.91 Å². The largest absolute Gasteiger partial charge is 0.352 e. The Bertz CT molecular complexity index is 651. The summed E-state index contributed by atoms with van der Waals surface area (Å²) in [5.74, 6) is 1.35. The number of hydrogen-bond donors (Lipinski definition) is 2. The van der Waals surface area contributed by atoms with Gasteiger partial charge in [0, 0.05) is 6.04 Å². The van der Waals surface area contributed by atoms with Gasteiger partial charge in [0.1, 0.15) is 0 Å². The van der Waals surface area contributed by atoms with E-state index < -0.39 is 0 Å². The first-order chi connectivity index (χ1) is 11.0. The molecule has 1 aromatic carbocycles. The molecule has 0 aliphatic heterocycles. The molecule has 2 aromatic rings. The maximum absolute atomic E-state index is 12.5. The molecule has 5 heteroatoms. The highest BCUT2D eigenvalue weighted by Crippen LogP contribution is 2.30. The molecule has 1 aromatic heterocycles. The number of rotatable bonds is 4. The van der Waals surface area contributed by atoms with Gasteiger partial charge >= 0.3 is 0 Å². The average molecular weight is 331 g/mol. The smallest absolute Gasteiger partial charge is 0.233 e. The summed E-state index contributed by atoms with van der Waals surface area (Å²) < 4.78 is 0. The Morgan fingerprint density at radius 2 is 2.13 bits per heavy atom. The number of H-pyrrole nitrogens is 1. The van der Waals surface area contributed by atoms with Crippen molar-refractivity contribution in [3.8, 4) is 0 Å². The number of carbonyl (C=O) groups is 1. The molecular formula is C18H25N3OS. The van der Waals surface area contributed by atoms with E-state index in [2.05, 4.69) is 29.1 Å². The standard InChI is InChI=1S/C18H25N3OS/c1-11-7-6-10-14(12(11)2)19-17(22)13(3)23-18-20-15-8-4-5-9-16(15)21-18/h4-5,8-9,11-14H,6-7,10H2,1-3H3,(H,19,22)(H,20,21)/t11-,12-,13-,14+/m1/s1. The van der Waals surface area contributed by atoms with E-state index >= 15 is 0 Å². The SMILES string of the molecule is C[C@@H]1[C@H](C)CCC[C@@H]1NC(=O)[C@@H](C)Sc1nc2ccccc2[nH]1. The van der Waals surface area contributed by atoms with Gasteiger partial charge in [-0.3, -0.25) is 4.79 Å². The van der Waals surface area contributed by atoms with Gasteiger partial charge in [0.25, 0.3) is 0 Å². The highest BCUT2D eigenvalue weighted by atomic mass is 32.2. The molecule has 23 heavy (non-hydrogen) atoms. The Morgan fingerprint density at radius 3 is 2.91 bits per heavy atom. The monoisotopic (exact) mass is 331 g/mol. The Morgan fingerprint density at radius 1 is 1.35 bits per heavy atom. The van der Waals surface area contributed by atoms with Gasteiger partial charge in [-0.2, -0.15) is 0 Å². The summed E-state index contributed by atoms with van der Waals surface area (Å²) in [6.45, 7) is 6.49. The van der Waals surface area contributed by atoms with Crippen molar-refractivity contribution in [1.29, 1.82) is 0 Å². The zero-order valence-corrected chi connectivity index (χ0v) is 14.8. The number of amides is 1. The summed E-state index contributed by atoms with van der Waals surface area (Å²) in [5, 5.41) is 3.90. The van der Waals surface area contributed by atoms with E-state index in [4.69, 9.17) is 0 Å². The lowest BCUT2D eigenvalue weighted by Crippen LogP contribution is -2.46. The topological polar surface area (TPSA) is 57.8 Å². The van der Waals surface area contributed by atoms with Crippen LogP contribution in [0.25, 0.3) is 11.0 Å². The van der Waals surface area contributed by atoms with Crippen LogP contribution in [0.5, 0.6) is 0 Å². The molecule has 1 heterocycles. The normalized spacial score (nSPS) is 26.1. The minimum absolute atomic E-state index is 0.112. The van der Waals surface area contributed by atoms with Crippen molar-refractivity contribution in [2.45, 2.75) is 56.5 Å². The zero-order chi connectivity index (χ0) is 16.4. The Balaban J connectivity index is 1.61. The van der Waals surface area contributed by atoms with Gasteiger partial charge < -0.3 is 10.3 Å². The number of benzene rings is 1. The van der Waals surface area contributed by atoms with Crippen LogP contribution < -0.4 is 5.32 Å². The van der Waals surface area contributed by atoms with Gasteiger partial charge in [0.05, 0.1) is 16.3 Å². The van der Waals surface area contributed by atoms with E-state index in [-0.39, 0.29) is 11.2 Å². The number of nitrogens with one attached hydrogen (secondary N) is 2. The lowest BCUT2D eigenvalue weighted by atomic mass is 9.78. The van der Waals surface area contributed by atoms with Crippen molar-refractivity contribution in [3.63, 3.8) is 0 Å².